The number of nitro groups is 1. The van der Waals surface area contributed by atoms with E-state index in [0.29, 0.717) is 17.3 Å². The van der Waals surface area contributed by atoms with Crippen LogP contribution in [0.2, 0.25) is 0 Å². The van der Waals surface area contributed by atoms with Gasteiger partial charge in [0.15, 0.2) is 0 Å². The third kappa shape index (κ3) is 4.81. The highest BCUT2D eigenvalue weighted by atomic mass is 16.6. The molecule has 2 aromatic rings. The maximum atomic E-state index is 12.3. The molecule has 3 N–H and O–H groups in total. The number of carbonyl (C=O) groups is 2. The molecule has 8 heteroatoms. The number of hydrogen-bond acceptors (Lipinski definition) is 5. The quantitative estimate of drug-likeness (QED) is 0.514. The highest BCUT2D eigenvalue weighted by Gasteiger charge is 2.24. The number of anilines is 2. The van der Waals surface area contributed by atoms with E-state index in [1.807, 2.05) is 0 Å². The molecule has 140 valence electrons. The molecule has 0 spiro atoms. The number of nitrogens with zero attached hydrogens (tertiary/aromatic N) is 1. The average molecular weight is 368 g/mol. The zero-order valence-corrected chi connectivity index (χ0v) is 14.8. The smallest absolute Gasteiger partial charge is 0.292 e. The second-order valence-corrected chi connectivity index (χ2v) is 6.45. The minimum absolute atomic E-state index is 0.105. The van der Waals surface area contributed by atoms with Crippen molar-refractivity contribution in [2.24, 2.45) is 0 Å². The molecule has 0 radical (unpaired) electrons. The van der Waals surface area contributed by atoms with Crippen LogP contribution in [-0.4, -0.2) is 28.8 Å². The lowest BCUT2D eigenvalue weighted by molar-refractivity contribution is -0.383. The first-order valence-electron chi connectivity index (χ1n) is 8.66. The Labute approximate surface area is 156 Å². The molecule has 8 nitrogen and oxygen atoms in total. The first-order valence-corrected chi connectivity index (χ1v) is 8.66. The van der Waals surface area contributed by atoms with Gasteiger partial charge in [0.1, 0.15) is 11.7 Å². The highest BCUT2D eigenvalue weighted by molar-refractivity contribution is 5.98. The van der Waals surface area contributed by atoms with E-state index in [1.165, 1.54) is 18.2 Å². The summed E-state index contributed by atoms with van der Waals surface area (Å²) in [5.41, 5.74) is 1.21. The van der Waals surface area contributed by atoms with E-state index < -0.39 is 16.9 Å². The van der Waals surface area contributed by atoms with Crippen molar-refractivity contribution in [1.29, 1.82) is 0 Å². The summed E-state index contributed by atoms with van der Waals surface area (Å²) in [6.45, 7) is 1.65. The van der Waals surface area contributed by atoms with Gasteiger partial charge >= 0.3 is 0 Å². The first-order chi connectivity index (χ1) is 12.9. The van der Waals surface area contributed by atoms with Gasteiger partial charge in [-0.2, -0.15) is 0 Å². The number of amides is 2. The fraction of sp³-hybridized carbons (Fsp3) is 0.263. The van der Waals surface area contributed by atoms with Crippen molar-refractivity contribution in [3.63, 3.8) is 0 Å². The summed E-state index contributed by atoms with van der Waals surface area (Å²) in [7, 11) is 0. The molecule has 1 fully saturated rings. The maximum absolute atomic E-state index is 12.3. The van der Waals surface area contributed by atoms with Gasteiger partial charge in [0.25, 0.3) is 11.6 Å². The number of rotatable bonds is 7. The summed E-state index contributed by atoms with van der Waals surface area (Å²) in [6.07, 6.45) is 2.05. The monoisotopic (exact) mass is 368 g/mol. The predicted molar refractivity (Wildman–Crippen MR) is 102 cm³/mol. The summed E-state index contributed by atoms with van der Waals surface area (Å²) >= 11 is 0. The lowest BCUT2D eigenvalue weighted by atomic mass is 10.1. The molecule has 0 aliphatic heterocycles. The van der Waals surface area contributed by atoms with Crippen LogP contribution in [0.1, 0.15) is 30.1 Å². The van der Waals surface area contributed by atoms with E-state index in [-0.39, 0.29) is 17.3 Å². The van der Waals surface area contributed by atoms with Crippen molar-refractivity contribution in [3.05, 3.63) is 64.2 Å². The second kappa shape index (κ2) is 7.86. The van der Waals surface area contributed by atoms with Gasteiger partial charge in [-0.1, -0.05) is 12.1 Å². The summed E-state index contributed by atoms with van der Waals surface area (Å²) in [4.78, 5) is 34.8. The molecule has 3 rings (SSSR count). The SMILES string of the molecule is CC(Nc1ccc(C(=O)NC2CC2)cc1)C(=O)Nc1ccccc1[N+](=O)[O-]. The minimum Gasteiger partial charge on any atom is -0.374 e. The molecular weight excluding hydrogens is 348 g/mol. The van der Waals surface area contributed by atoms with Gasteiger partial charge < -0.3 is 16.0 Å². The van der Waals surface area contributed by atoms with Crippen molar-refractivity contribution in [1.82, 2.24) is 5.32 Å². The Hall–Kier alpha value is -3.42. The lowest BCUT2D eigenvalue weighted by Crippen LogP contribution is -2.32. The average Bonchev–Trinajstić information content (AvgIpc) is 3.46. The number of benzene rings is 2. The van der Waals surface area contributed by atoms with Gasteiger partial charge in [-0.05, 0) is 50.1 Å². The molecule has 1 aliphatic carbocycles. The van der Waals surface area contributed by atoms with E-state index in [1.54, 1.807) is 37.3 Å². The van der Waals surface area contributed by atoms with E-state index in [9.17, 15) is 19.7 Å². The Bertz CT molecular complexity index is 862. The van der Waals surface area contributed by atoms with Crippen LogP contribution in [-0.2, 0) is 4.79 Å². The van der Waals surface area contributed by atoms with Crippen molar-refractivity contribution in [2.45, 2.75) is 31.8 Å². The molecule has 0 bridgehead atoms. The van der Waals surface area contributed by atoms with Gasteiger partial charge in [0, 0.05) is 23.4 Å². The summed E-state index contributed by atoms with van der Waals surface area (Å²) in [6, 6.07) is 12.4. The van der Waals surface area contributed by atoms with Crippen molar-refractivity contribution >= 4 is 28.9 Å². The van der Waals surface area contributed by atoms with Crippen LogP contribution in [0.3, 0.4) is 0 Å². The van der Waals surface area contributed by atoms with Crippen LogP contribution in [0.4, 0.5) is 17.1 Å². The molecule has 27 heavy (non-hydrogen) atoms. The fourth-order valence-corrected chi connectivity index (χ4v) is 2.51. The number of nitrogens with one attached hydrogen (secondary N) is 3. The van der Waals surface area contributed by atoms with E-state index >= 15 is 0 Å². The summed E-state index contributed by atoms with van der Waals surface area (Å²) < 4.78 is 0. The number of carbonyl (C=O) groups excluding carboxylic acids is 2. The summed E-state index contributed by atoms with van der Waals surface area (Å²) in [5.74, 6) is -0.508. The third-order valence-electron chi connectivity index (χ3n) is 4.19. The molecular formula is C19H20N4O4. The van der Waals surface area contributed by atoms with Crippen LogP contribution in [0.15, 0.2) is 48.5 Å². The molecule has 1 unspecified atom stereocenters. The first kappa shape index (κ1) is 18.4. The Kier molecular flexibility index (Phi) is 5.35. The molecule has 2 aromatic carbocycles. The molecule has 1 saturated carbocycles. The van der Waals surface area contributed by atoms with Crippen molar-refractivity contribution in [3.8, 4) is 0 Å². The fourth-order valence-electron chi connectivity index (χ4n) is 2.51. The molecule has 2 amide bonds. The predicted octanol–water partition coefficient (Wildman–Crippen LogP) is 2.93. The van der Waals surface area contributed by atoms with Crippen LogP contribution in [0.25, 0.3) is 0 Å². The normalized spacial score (nSPS) is 14.1. The van der Waals surface area contributed by atoms with E-state index in [2.05, 4.69) is 16.0 Å². The minimum atomic E-state index is -0.629. The Balaban J connectivity index is 1.59. The maximum Gasteiger partial charge on any atom is 0.292 e. The lowest BCUT2D eigenvalue weighted by Gasteiger charge is -2.15. The largest absolute Gasteiger partial charge is 0.374 e. The van der Waals surface area contributed by atoms with Crippen LogP contribution in [0, 0.1) is 10.1 Å². The van der Waals surface area contributed by atoms with Crippen molar-refractivity contribution < 1.29 is 14.5 Å². The topological polar surface area (TPSA) is 113 Å². The number of para-hydroxylation sites is 2. The van der Waals surface area contributed by atoms with Gasteiger partial charge in [-0.15, -0.1) is 0 Å². The van der Waals surface area contributed by atoms with Crippen LogP contribution < -0.4 is 16.0 Å². The summed E-state index contributed by atoms with van der Waals surface area (Å²) in [5, 5.41) is 19.5. The van der Waals surface area contributed by atoms with Crippen LogP contribution >= 0.6 is 0 Å². The molecule has 0 saturated heterocycles. The van der Waals surface area contributed by atoms with Gasteiger partial charge in [-0.3, -0.25) is 19.7 Å². The van der Waals surface area contributed by atoms with Gasteiger partial charge in [0.05, 0.1) is 4.92 Å². The second-order valence-electron chi connectivity index (χ2n) is 6.45. The van der Waals surface area contributed by atoms with Gasteiger partial charge in [-0.25, -0.2) is 0 Å². The Morgan fingerprint density at radius 2 is 1.78 bits per heavy atom. The highest BCUT2D eigenvalue weighted by Crippen LogP contribution is 2.23. The number of hydrogen-bond donors (Lipinski definition) is 3. The third-order valence-corrected chi connectivity index (χ3v) is 4.19. The molecule has 1 aliphatic rings. The standard InChI is InChI=1S/C19H20N4O4/c1-12(18(24)22-16-4-2-3-5-17(16)23(26)27)20-14-8-6-13(7-9-14)19(25)21-15-10-11-15/h2-9,12,15,20H,10-11H2,1H3,(H,21,25)(H,22,24). The zero-order chi connectivity index (χ0) is 19.4. The number of nitro benzene ring substituents is 1. The Morgan fingerprint density at radius 3 is 2.41 bits per heavy atom. The van der Waals surface area contributed by atoms with E-state index in [0.717, 1.165) is 12.8 Å². The van der Waals surface area contributed by atoms with Crippen LogP contribution in [0.5, 0.6) is 0 Å². The van der Waals surface area contributed by atoms with Crippen molar-refractivity contribution in [2.75, 3.05) is 10.6 Å². The molecule has 0 aromatic heterocycles. The molecule has 0 heterocycles. The Morgan fingerprint density at radius 1 is 1.11 bits per heavy atom. The van der Waals surface area contributed by atoms with Gasteiger partial charge in [0.2, 0.25) is 5.91 Å². The van der Waals surface area contributed by atoms with E-state index in [4.69, 9.17) is 0 Å². The molecule has 1 atom stereocenters. The zero-order valence-electron chi connectivity index (χ0n) is 14.8.